The molecular formula is C7H4ClN3OS3. The lowest BCUT2D eigenvalue weighted by Crippen LogP contribution is -1.72. The fraction of sp³-hybridized carbons (Fsp3) is 0.143. The quantitative estimate of drug-likeness (QED) is 0.808. The number of carbonyl (C=O) groups excluding carboxylic acids is 1. The number of thiazole rings is 1. The summed E-state index contributed by atoms with van der Waals surface area (Å²) in [4.78, 5) is 15.0. The van der Waals surface area contributed by atoms with Gasteiger partial charge >= 0.3 is 0 Å². The highest BCUT2D eigenvalue weighted by Crippen LogP contribution is 2.35. The average Bonchev–Trinajstić information content (AvgIpc) is 2.73. The molecule has 2 aromatic rings. The molecule has 0 aliphatic rings. The van der Waals surface area contributed by atoms with Crippen LogP contribution in [0.2, 0.25) is 5.15 Å². The standard InChI is InChI=1S/C7H4ClN3OS3/c1-3-10-11-7(13-3)15-6-9-5(8)4(2-12)14-6/h2H,1H3. The Hall–Kier alpha value is -0.500. The highest BCUT2D eigenvalue weighted by atomic mass is 35.5. The Morgan fingerprint density at radius 2 is 2.13 bits per heavy atom. The molecule has 0 aliphatic carbocycles. The number of nitrogens with zero attached hydrogens (tertiary/aromatic N) is 3. The van der Waals surface area contributed by atoms with Gasteiger partial charge in [0.2, 0.25) is 0 Å². The van der Waals surface area contributed by atoms with Crippen LogP contribution in [0.15, 0.2) is 8.68 Å². The summed E-state index contributed by atoms with van der Waals surface area (Å²) in [6, 6.07) is 0. The van der Waals surface area contributed by atoms with Gasteiger partial charge in [0.1, 0.15) is 9.88 Å². The summed E-state index contributed by atoms with van der Waals surface area (Å²) in [6.45, 7) is 1.88. The van der Waals surface area contributed by atoms with Gasteiger partial charge in [0, 0.05) is 0 Å². The van der Waals surface area contributed by atoms with E-state index in [4.69, 9.17) is 11.6 Å². The fourth-order valence-corrected chi connectivity index (χ4v) is 4.03. The molecule has 78 valence electrons. The molecule has 15 heavy (non-hydrogen) atoms. The Bertz CT molecular complexity index is 495. The lowest BCUT2D eigenvalue weighted by Gasteiger charge is -1.86. The van der Waals surface area contributed by atoms with Crippen molar-refractivity contribution in [2.75, 3.05) is 0 Å². The summed E-state index contributed by atoms with van der Waals surface area (Å²) in [5, 5.41) is 8.97. The smallest absolute Gasteiger partial charge is 0.181 e. The topological polar surface area (TPSA) is 55.7 Å². The fourth-order valence-electron chi connectivity index (χ4n) is 0.805. The lowest BCUT2D eigenvalue weighted by molar-refractivity contribution is 0.112. The first-order valence-electron chi connectivity index (χ1n) is 3.78. The van der Waals surface area contributed by atoms with Crippen molar-refractivity contribution in [2.45, 2.75) is 15.6 Å². The first kappa shape index (κ1) is 11.0. The van der Waals surface area contributed by atoms with E-state index in [9.17, 15) is 4.79 Å². The highest BCUT2D eigenvalue weighted by Gasteiger charge is 2.11. The number of carbonyl (C=O) groups is 1. The SMILES string of the molecule is Cc1nnc(Sc2nc(Cl)c(C=O)s2)s1. The van der Waals surface area contributed by atoms with Crippen LogP contribution in [0.4, 0.5) is 0 Å². The minimum Gasteiger partial charge on any atom is -0.297 e. The molecule has 0 N–H and O–H groups in total. The van der Waals surface area contributed by atoms with Gasteiger partial charge in [0.15, 0.2) is 20.1 Å². The maximum absolute atomic E-state index is 10.5. The number of aryl methyl sites for hydroxylation is 1. The Morgan fingerprint density at radius 3 is 2.67 bits per heavy atom. The van der Waals surface area contributed by atoms with Gasteiger partial charge in [-0.3, -0.25) is 4.79 Å². The Balaban J connectivity index is 2.20. The molecule has 8 heteroatoms. The molecule has 0 unspecified atom stereocenters. The molecule has 2 rings (SSSR count). The maximum Gasteiger partial charge on any atom is 0.181 e. The van der Waals surface area contributed by atoms with Crippen LogP contribution in [0.25, 0.3) is 0 Å². The molecule has 0 aliphatic heterocycles. The van der Waals surface area contributed by atoms with Crippen LogP contribution in [0.3, 0.4) is 0 Å². The van der Waals surface area contributed by atoms with E-state index < -0.39 is 0 Å². The monoisotopic (exact) mass is 277 g/mol. The van der Waals surface area contributed by atoms with Crippen molar-refractivity contribution in [3.8, 4) is 0 Å². The second kappa shape index (κ2) is 4.56. The third-order valence-corrected chi connectivity index (χ3v) is 4.71. The maximum atomic E-state index is 10.5. The van der Waals surface area contributed by atoms with Crippen molar-refractivity contribution >= 4 is 52.3 Å². The van der Waals surface area contributed by atoms with E-state index >= 15 is 0 Å². The summed E-state index contributed by atoms with van der Waals surface area (Å²) >= 11 is 9.84. The summed E-state index contributed by atoms with van der Waals surface area (Å²) in [5.41, 5.74) is 0. The van der Waals surface area contributed by atoms with E-state index in [-0.39, 0.29) is 5.15 Å². The van der Waals surface area contributed by atoms with Gasteiger partial charge in [-0.15, -0.1) is 21.5 Å². The highest BCUT2D eigenvalue weighted by molar-refractivity contribution is 8.02. The van der Waals surface area contributed by atoms with Gasteiger partial charge < -0.3 is 0 Å². The molecule has 2 heterocycles. The van der Waals surface area contributed by atoms with Crippen molar-refractivity contribution in [1.82, 2.24) is 15.2 Å². The normalized spacial score (nSPS) is 10.5. The van der Waals surface area contributed by atoms with Crippen LogP contribution in [0.5, 0.6) is 0 Å². The average molecular weight is 278 g/mol. The molecule has 0 radical (unpaired) electrons. The predicted octanol–water partition coefficient (Wildman–Crippen LogP) is 2.92. The number of hydrogen-bond acceptors (Lipinski definition) is 7. The van der Waals surface area contributed by atoms with Crippen molar-refractivity contribution in [1.29, 1.82) is 0 Å². The summed E-state index contributed by atoms with van der Waals surface area (Å²) < 4.78 is 1.51. The Kier molecular flexibility index (Phi) is 3.35. The summed E-state index contributed by atoms with van der Waals surface area (Å²) in [7, 11) is 0. The molecule has 4 nitrogen and oxygen atoms in total. The van der Waals surface area contributed by atoms with Crippen LogP contribution >= 0.6 is 46.0 Å². The predicted molar refractivity (Wildman–Crippen MR) is 61.3 cm³/mol. The molecule has 0 saturated carbocycles. The zero-order chi connectivity index (χ0) is 10.8. The molecule has 2 aromatic heterocycles. The van der Waals surface area contributed by atoms with Gasteiger partial charge in [-0.1, -0.05) is 22.9 Å². The number of halogens is 1. The molecule has 0 aromatic carbocycles. The van der Waals surface area contributed by atoms with E-state index in [0.717, 1.165) is 9.35 Å². The zero-order valence-electron chi connectivity index (χ0n) is 7.43. The third-order valence-electron chi connectivity index (χ3n) is 1.38. The Labute approximate surface area is 103 Å². The molecule has 0 fully saturated rings. The second-order valence-electron chi connectivity index (χ2n) is 2.44. The van der Waals surface area contributed by atoms with E-state index in [1.54, 1.807) is 0 Å². The number of rotatable bonds is 3. The Morgan fingerprint density at radius 1 is 1.33 bits per heavy atom. The van der Waals surface area contributed by atoms with Crippen molar-refractivity contribution in [3.05, 3.63) is 15.0 Å². The van der Waals surface area contributed by atoms with Crippen LogP contribution in [-0.4, -0.2) is 21.5 Å². The van der Waals surface area contributed by atoms with Crippen molar-refractivity contribution in [3.63, 3.8) is 0 Å². The minimum atomic E-state index is 0.249. The van der Waals surface area contributed by atoms with Crippen LogP contribution in [0.1, 0.15) is 14.7 Å². The first-order chi connectivity index (χ1) is 7.19. The molecule has 0 atom stereocenters. The van der Waals surface area contributed by atoms with E-state index in [2.05, 4.69) is 15.2 Å². The molecule has 0 spiro atoms. The van der Waals surface area contributed by atoms with E-state index in [1.165, 1.54) is 34.4 Å². The minimum absolute atomic E-state index is 0.249. The van der Waals surface area contributed by atoms with Crippen molar-refractivity contribution < 1.29 is 4.79 Å². The largest absolute Gasteiger partial charge is 0.297 e. The molecular weight excluding hydrogens is 274 g/mol. The molecule has 0 amide bonds. The lowest BCUT2D eigenvalue weighted by atomic mass is 10.6. The van der Waals surface area contributed by atoms with Gasteiger partial charge in [-0.05, 0) is 18.7 Å². The molecule has 0 bridgehead atoms. The van der Waals surface area contributed by atoms with Gasteiger partial charge in [0.05, 0.1) is 0 Å². The number of aromatic nitrogens is 3. The zero-order valence-corrected chi connectivity index (χ0v) is 10.6. The number of aldehydes is 1. The second-order valence-corrected chi connectivity index (χ2v) is 6.51. The van der Waals surface area contributed by atoms with Crippen LogP contribution in [0, 0.1) is 6.92 Å². The van der Waals surface area contributed by atoms with Gasteiger partial charge in [-0.2, -0.15) is 0 Å². The van der Waals surface area contributed by atoms with Gasteiger partial charge in [0.25, 0.3) is 0 Å². The van der Waals surface area contributed by atoms with Gasteiger partial charge in [-0.25, -0.2) is 4.98 Å². The van der Waals surface area contributed by atoms with Crippen molar-refractivity contribution in [2.24, 2.45) is 0 Å². The summed E-state index contributed by atoms with van der Waals surface area (Å²) in [6.07, 6.45) is 0.704. The van der Waals surface area contributed by atoms with E-state index in [1.807, 2.05) is 6.92 Å². The number of hydrogen-bond donors (Lipinski definition) is 0. The van der Waals surface area contributed by atoms with Crippen LogP contribution < -0.4 is 0 Å². The first-order valence-corrected chi connectivity index (χ1v) is 6.61. The van der Waals surface area contributed by atoms with Crippen LogP contribution in [-0.2, 0) is 0 Å². The summed E-state index contributed by atoms with van der Waals surface area (Å²) in [5.74, 6) is 0. The third kappa shape index (κ3) is 2.54. The van der Waals surface area contributed by atoms with E-state index in [0.29, 0.717) is 15.5 Å². The molecule has 0 saturated heterocycles.